The van der Waals surface area contributed by atoms with Crippen molar-refractivity contribution < 1.29 is 9.15 Å². The lowest BCUT2D eigenvalue weighted by molar-refractivity contribution is 0.0904. The van der Waals surface area contributed by atoms with Gasteiger partial charge in [-0.05, 0) is 19.8 Å². The normalized spacial score (nSPS) is 16.9. The zero-order chi connectivity index (χ0) is 12.4. The molecule has 1 N–H and O–H groups in total. The molecule has 0 radical (unpaired) electrons. The van der Waals surface area contributed by atoms with Crippen molar-refractivity contribution in [3.05, 3.63) is 17.5 Å². The highest BCUT2D eigenvalue weighted by Gasteiger charge is 2.16. The van der Waals surface area contributed by atoms with E-state index in [1.54, 1.807) is 11.3 Å². The molecular formula is C12H15N3O2S. The summed E-state index contributed by atoms with van der Waals surface area (Å²) in [5.74, 6) is 0.756. The maximum atomic E-state index is 5.34. The van der Waals surface area contributed by atoms with Crippen molar-refractivity contribution in [3.8, 4) is 11.5 Å². The van der Waals surface area contributed by atoms with E-state index < -0.39 is 0 Å². The van der Waals surface area contributed by atoms with Gasteiger partial charge in [0, 0.05) is 24.6 Å². The van der Waals surface area contributed by atoms with Gasteiger partial charge in [-0.2, -0.15) is 0 Å². The highest BCUT2D eigenvalue weighted by Crippen LogP contribution is 2.27. The van der Waals surface area contributed by atoms with E-state index in [9.17, 15) is 0 Å². The molecule has 1 aliphatic rings. The first-order valence-electron chi connectivity index (χ1n) is 6.03. The Bertz CT molecular complexity index is 517. The monoisotopic (exact) mass is 265 g/mol. The molecule has 0 bridgehead atoms. The third-order valence-corrected chi connectivity index (χ3v) is 3.80. The van der Waals surface area contributed by atoms with Crippen LogP contribution in [0.4, 0.5) is 5.13 Å². The van der Waals surface area contributed by atoms with E-state index in [1.807, 2.05) is 12.3 Å². The molecule has 0 spiro atoms. The molecule has 2 aromatic rings. The van der Waals surface area contributed by atoms with E-state index in [0.717, 1.165) is 48.3 Å². The molecule has 6 heteroatoms. The van der Waals surface area contributed by atoms with Crippen LogP contribution in [0.5, 0.6) is 0 Å². The molecule has 3 heterocycles. The van der Waals surface area contributed by atoms with Crippen LogP contribution >= 0.6 is 11.3 Å². The van der Waals surface area contributed by atoms with Gasteiger partial charge in [0.25, 0.3) is 0 Å². The molecular weight excluding hydrogens is 250 g/mol. The second kappa shape index (κ2) is 5.07. The van der Waals surface area contributed by atoms with Crippen LogP contribution in [0.3, 0.4) is 0 Å². The Balaban J connectivity index is 1.71. The Morgan fingerprint density at radius 1 is 1.39 bits per heavy atom. The third-order valence-electron chi connectivity index (χ3n) is 3.03. The minimum atomic E-state index is 0.466. The van der Waals surface area contributed by atoms with Crippen LogP contribution in [-0.4, -0.2) is 29.2 Å². The number of thiazole rings is 1. The van der Waals surface area contributed by atoms with Crippen LogP contribution in [0, 0.1) is 6.92 Å². The molecule has 3 rings (SSSR count). The Morgan fingerprint density at radius 3 is 2.94 bits per heavy atom. The van der Waals surface area contributed by atoms with Gasteiger partial charge in [0.05, 0.1) is 5.69 Å². The Hall–Kier alpha value is -1.40. The van der Waals surface area contributed by atoms with Gasteiger partial charge in [-0.3, -0.25) is 0 Å². The number of rotatable bonds is 3. The first-order chi connectivity index (χ1) is 8.83. The third kappa shape index (κ3) is 2.39. The lowest BCUT2D eigenvalue weighted by Crippen LogP contribution is -2.27. The van der Waals surface area contributed by atoms with E-state index >= 15 is 0 Å². The molecule has 18 heavy (non-hydrogen) atoms. The van der Waals surface area contributed by atoms with E-state index in [-0.39, 0.29) is 0 Å². The SMILES string of the molecule is Cc1ncoc1-c1csc(NC2CCOCC2)n1. The van der Waals surface area contributed by atoms with Crippen molar-refractivity contribution in [2.45, 2.75) is 25.8 Å². The van der Waals surface area contributed by atoms with Crippen LogP contribution in [0.1, 0.15) is 18.5 Å². The van der Waals surface area contributed by atoms with Crippen molar-refractivity contribution >= 4 is 16.5 Å². The molecule has 1 saturated heterocycles. The Kier molecular flexibility index (Phi) is 3.29. The van der Waals surface area contributed by atoms with Crippen molar-refractivity contribution in [2.24, 2.45) is 0 Å². The van der Waals surface area contributed by atoms with Crippen LogP contribution in [0.25, 0.3) is 11.5 Å². The number of nitrogens with zero attached hydrogens (tertiary/aromatic N) is 2. The molecule has 0 aromatic carbocycles. The largest absolute Gasteiger partial charge is 0.442 e. The second-order valence-electron chi connectivity index (χ2n) is 4.34. The van der Waals surface area contributed by atoms with E-state index in [4.69, 9.17) is 9.15 Å². The fraction of sp³-hybridized carbons (Fsp3) is 0.500. The predicted molar refractivity (Wildman–Crippen MR) is 69.8 cm³/mol. The number of ether oxygens (including phenoxy) is 1. The topological polar surface area (TPSA) is 60.2 Å². The summed E-state index contributed by atoms with van der Waals surface area (Å²) < 4.78 is 10.7. The molecule has 1 aliphatic heterocycles. The smallest absolute Gasteiger partial charge is 0.183 e. The summed E-state index contributed by atoms with van der Waals surface area (Å²) in [6.45, 7) is 3.58. The molecule has 2 aromatic heterocycles. The number of oxazole rings is 1. The maximum Gasteiger partial charge on any atom is 0.183 e. The quantitative estimate of drug-likeness (QED) is 0.924. The van der Waals surface area contributed by atoms with Crippen LogP contribution in [0.2, 0.25) is 0 Å². The fourth-order valence-electron chi connectivity index (χ4n) is 2.01. The number of hydrogen-bond donors (Lipinski definition) is 1. The highest BCUT2D eigenvalue weighted by molar-refractivity contribution is 7.14. The molecule has 0 unspecified atom stereocenters. The minimum Gasteiger partial charge on any atom is -0.442 e. The number of aryl methyl sites for hydroxylation is 1. The second-order valence-corrected chi connectivity index (χ2v) is 5.19. The van der Waals surface area contributed by atoms with Crippen molar-refractivity contribution in [2.75, 3.05) is 18.5 Å². The average molecular weight is 265 g/mol. The molecule has 5 nitrogen and oxygen atoms in total. The molecule has 0 saturated carbocycles. The van der Waals surface area contributed by atoms with Gasteiger partial charge in [-0.1, -0.05) is 0 Å². The number of nitrogens with one attached hydrogen (secondary N) is 1. The number of aromatic nitrogens is 2. The van der Waals surface area contributed by atoms with Gasteiger partial charge >= 0.3 is 0 Å². The van der Waals surface area contributed by atoms with Crippen molar-refractivity contribution in [1.29, 1.82) is 0 Å². The first kappa shape index (κ1) is 11.7. The van der Waals surface area contributed by atoms with Crippen molar-refractivity contribution in [1.82, 2.24) is 9.97 Å². The average Bonchev–Trinajstić information content (AvgIpc) is 2.99. The zero-order valence-electron chi connectivity index (χ0n) is 10.2. The van der Waals surface area contributed by atoms with Gasteiger partial charge < -0.3 is 14.5 Å². The van der Waals surface area contributed by atoms with E-state index in [1.165, 1.54) is 6.39 Å². The van der Waals surface area contributed by atoms with E-state index in [0.29, 0.717) is 6.04 Å². The standard InChI is InChI=1S/C12H15N3O2S/c1-8-11(17-7-13-8)10-6-18-12(15-10)14-9-2-4-16-5-3-9/h6-7,9H,2-5H2,1H3,(H,14,15). The van der Waals surface area contributed by atoms with Crippen LogP contribution in [0.15, 0.2) is 16.2 Å². The van der Waals surface area contributed by atoms with Crippen LogP contribution in [-0.2, 0) is 4.74 Å². The van der Waals surface area contributed by atoms with Gasteiger partial charge in [0.1, 0.15) is 5.69 Å². The summed E-state index contributed by atoms with van der Waals surface area (Å²) in [4.78, 5) is 8.62. The lowest BCUT2D eigenvalue weighted by atomic mass is 10.1. The van der Waals surface area contributed by atoms with Crippen molar-refractivity contribution in [3.63, 3.8) is 0 Å². The highest BCUT2D eigenvalue weighted by atomic mass is 32.1. The van der Waals surface area contributed by atoms with Gasteiger partial charge in [0.2, 0.25) is 0 Å². The minimum absolute atomic E-state index is 0.466. The molecule has 0 atom stereocenters. The fourth-order valence-corrected chi connectivity index (χ4v) is 2.78. The first-order valence-corrected chi connectivity index (χ1v) is 6.91. The van der Waals surface area contributed by atoms with Crippen LogP contribution < -0.4 is 5.32 Å². The maximum absolute atomic E-state index is 5.34. The predicted octanol–water partition coefficient (Wildman–Crippen LogP) is 2.70. The number of anilines is 1. The van der Waals surface area contributed by atoms with E-state index in [2.05, 4.69) is 15.3 Å². The summed E-state index contributed by atoms with van der Waals surface area (Å²) >= 11 is 1.60. The summed E-state index contributed by atoms with van der Waals surface area (Å²) in [6.07, 6.45) is 3.53. The summed E-state index contributed by atoms with van der Waals surface area (Å²) in [7, 11) is 0. The summed E-state index contributed by atoms with van der Waals surface area (Å²) in [6, 6.07) is 0.466. The Morgan fingerprint density at radius 2 is 2.22 bits per heavy atom. The molecule has 0 aliphatic carbocycles. The summed E-state index contributed by atoms with van der Waals surface area (Å²) in [5, 5.41) is 6.38. The number of hydrogen-bond acceptors (Lipinski definition) is 6. The Labute approximate surface area is 109 Å². The molecule has 1 fully saturated rings. The molecule has 0 amide bonds. The summed E-state index contributed by atoms with van der Waals surface area (Å²) in [5.41, 5.74) is 1.72. The van der Waals surface area contributed by atoms with Gasteiger partial charge in [-0.25, -0.2) is 9.97 Å². The van der Waals surface area contributed by atoms with Gasteiger partial charge in [-0.15, -0.1) is 11.3 Å². The molecule has 96 valence electrons. The van der Waals surface area contributed by atoms with Gasteiger partial charge in [0.15, 0.2) is 17.3 Å². The lowest BCUT2D eigenvalue weighted by Gasteiger charge is -2.22. The zero-order valence-corrected chi connectivity index (χ0v) is 11.0.